The van der Waals surface area contributed by atoms with E-state index in [9.17, 15) is 9.59 Å². The molecule has 9 nitrogen and oxygen atoms in total. The van der Waals surface area contributed by atoms with Crippen LogP contribution in [0.3, 0.4) is 0 Å². The molecule has 1 unspecified atom stereocenters. The smallest absolute Gasteiger partial charge is 0.247 e. The van der Waals surface area contributed by atoms with E-state index in [1.165, 1.54) is 4.80 Å². The minimum atomic E-state index is -0.649. The number of ether oxygens (including phenoxy) is 1. The predicted octanol–water partition coefficient (Wildman–Crippen LogP) is 3.38. The average Bonchev–Trinajstić information content (AvgIpc) is 3.27. The molecular weight excluding hydrogens is 444 g/mol. The Kier molecular flexibility index (Phi) is 8.22. The van der Waals surface area contributed by atoms with Crippen LogP contribution in [-0.2, 0) is 22.7 Å². The molecule has 0 fully saturated rings. The van der Waals surface area contributed by atoms with Crippen LogP contribution < -0.4 is 10.1 Å². The second-order valence-electron chi connectivity index (χ2n) is 9.54. The molecule has 3 aromatic rings. The SMILES string of the molecule is CCC(C(=O)NC(C)(C)C)N(Cc1ccc(OC)cc1)C(=O)Cn1nnc(-c2ccc(C)cc2)n1. The number of rotatable bonds is 9. The van der Waals surface area contributed by atoms with Gasteiger partial charge in [0.1, 0.15) is 18.3 Å². The molecular formula is C26H34N6O3. The molecule has 0 saturated carbocycles. The first-order valence-electron chi connectivity index (χ1n) is 11.7. The summed E-state index contributed by atoms with van der Waals surface area (Å²) in [4.78, 5) is 29.5. The van der Waals surface area contributed by atoms with Crippen molar-refractivity contribution >= 4 is 11.8 Å². The molecule has 1 atom stereocenters. The monoisotopic (exact) mass is 478 g/mol. The van der Waals surface area contributed by atoms with Crippen molar-refractivity contribution in [3.8, 4) is 17.1 Å². The Morgan fingerprint density at radius 1 is 1.09 bits per heavy atom. The highest BCUT2D eigenvalue weighted by atomic mass is 16.5. The number of benzene rings is 2. The molecule has 1 N–H and O–H groups in total. The first kappa shape index (κ1) is 25.9. The molecule has 35 heavy (non-hydrogen) atoms. The van der Waals surface area contributed by atoms with Crippen LogP contribution in [-0.4, -0.2) is 55.6 Å². The van der Waals surface area contributed by atoms with E-state index in [2.05, 4.69) is 20.7 Å². The highest BCUT2D eigenvalue weighted by Crippen LogP contribution is 2.18. The lowest BCUT2D eigenvalue weighted by atomic mass is 10.1. The third-order valence-electron chi connectivity index (χ3n) is 5.44. The number of carbonyl (C=O) groups is 2. The fraction of sp³-hybridized carbons (Fsp3) is 0.423. The van der Waals surface area contributed by atoms with Gasteiger partial charge in [-0.15, -0.1) is 10.2 Å². The molecule has 3 rings (SSSR count). The summed E-state index contributed by atoms with van der Waals surface area (Å²) in [6, 6.07) is 14.6. The highest BCUT2D eigenvalue weighted by Gasteiger charge is 2.31. The maximum absolute atomic E-state index is 13.5. The Labute approximate surface area is 206 Å². The molecule has 9 heteroatoms. The van der Waals surface area contributed by atoms with Crippen LogP contribution >= 0.6 is 0 Å². The standard InChI is InChI=1S/C26H34N6O3/c1-7-22(25(34)27-26(3,4)5)31(16-19-10-14-21(35-6)15-11-19)23(33)17-32-29-24(28-30-32)20-12-8-18(2)9-13-20/h8-15,22H,7,16-17H2,1-6H3,(H,27,34). The van der Waals surface area contributed by atoms with Gasteiger partial charge in [-0.05, 0) is 57.0 Å². The molecule has 2 aromatic carbocycles. The molecule has 0 aliphatic carbocycles. The van der Waals surface area contributed by atoms with Gasteiger partial charge in [0.15, 0.2) is 0 Å². The molecule has 0 saturated heterocycles. The molecule has 0 radical (unpaired) electrons. The number of hydrogen-bond donors (Lipinski definition) is 1. The zero-order valence-electron chi connectivity index (χ0n) is 21.3. The van der Waals surface area contributed by atoms with Gasteiger partial charge < -0.3 is 15.0 Å². The van der Waals surface area contributed by atoms with Crippen molar-refractivity contribution < 1.29 is 14.3 Å². The minimum absolute atomic E-state index is 0.131. The van der Waals surface area contributed by atoms with Crippen molar-refractivity contribution in [2.24, 2.45) is 0 Å². The average molecular weight is 479 g/mol. The van der Waals surface area contributed by atoms with E-state index in [0.717, 1.165) is 22.4 Å². The van der Waals surface area contributed by atoms with Gasteiger partial charge in [-0.1, -0.05) is 48.9 Å². The van der Waals surface area contributed by atoms with Gasteiger partial charge in [0.05, 0.1) is 7.11 Å². The topological polar surface area (TPSA) is 102 Å². The number of methoxy groups -OCH3 is 1. The van der Waals surface area contributed by atoms with Crippen LogP contribution in [0.15, 0.2) is 48.5 Å². The minimum Gasteiger partial charge on any atom is -0.497 e. The number of carbonyl (C=O) groups excluding carboxylic acids is 2. The van der Waals surface area contributed by atoms with Crippen molar-refractivity contribution in [2.45, 2.75) is 65.7 Å². The molecule has 0 bridgehead atoms. The number of hydrogen-bond acceptors (Lipinski definition) is 6. The molecule has 0 aliphatic heterocycles. The summed E-state index contributed by atoms with van der Waals surface area (Å²) in [5, 5.41) is 15.5. The van der Waals surface area contributed by atoms with Gasteiger partial charge in [-0.25, -0.2) is 0 Å². The number of amides is 2. The van der Waals surface area contributed by atoms with Crippen molar-refractivity contribution in [1.29, 1.82) is 0 Å². The number of nitrogens with one attached hydrogen (secondary N) is 1. The molecule has 2 amide bonds. The highest BCUT2D eigenvalue weighted by molar-refractivity contribution is 5.88. The third-order valence-corrected chi connectivity index (χ3v) is 5.44. The normalized spacial score (nSPS) is 12.2. The van der Waals surface area contributed by atoms with E-state index in [1.54, 1.807) is 12.0 Å². The Morgan fingerprint density at radius 2 is 1.74 bits per heavy atom. The van der Waals surface area contributed by atoms with Gasteiger partial charge in [0.2, 0.25) is 17.6 Å². The number of aryl methyl sites for hydroxylation is 1. The van der Waals surface area contributed by atoms with Crippen LogP contribution in [0.5, 0.6) is 5.75 Å². The fourth-order valence-electron chi connectivity index (χ4n) is 3.64. The van der Waals surface area contributed by atoms with E-state index in [0.29, 0.717) is 12.2 Å². The van der Waals surface area contributed by atoms with Gasteiger partial charge >= 0.3 is 0 Å². The Morgan fingerprint density at radius 3 is 2.31 bits per heavy atom. The zero-order valence-corrected chi connectivity index (χ0v) is 21.3. The lowest BCUT2D eigenvalue weighted by Gasteiger charge is -2.33. The summed E-state index contributed by atoms with van der Waals surface area (Å²) in [6.45, 7) is 9.78. The van der Waals surface area contributed by atoms with Crippen molar-refractivity contribution in [3.63, 3.8) is 0 Å². The fourth-order valence-corrected chi connectivity index (χ4v) is 3.64. The van der Waals surface area contributed by atoms with Crippen LogP contribution in [0.1, 0.15) is 45.2 Å². The molecule has 1 aromatic heterocycles. The van der Waals surface area contributed by atoms with E-state index in [4.69, 9.17) is 4.74 Å². The van der Waals surface area contributed by atoms with Crippen molar-refractivity contribution in [2.75, 3.05) is 7.11 Å². The lowest BCUT2D eigenvalue weighted by Crippen LogP contribution is -2.54. The maximum atomic E-state index is 13.5. The molecule has 186 valence electrons. The molecule has 0 spiro atoms. The maximum Gasteiger partial charge on any atom is 0.247 e. The van der Waals surface area contributed by atoms with Crippen LogP contribution in [0, 0.1) is 6.92 Å². The largest absolute Gasteiger partial charge is 0.497 e. The summed E-state index contributed by atoms with van der Waals surface area (Å²) >= 11 is 0. The number of tetrazole rings is 1. The molecule has 0 aliphatic rings. The van der Waals surface area contributed by atoms with E-state index in [-0.39, 0.29) is 24.9 Å². The van der Waals surface area contributed by atoms with E-state index < -0.39 is 11.6 Å². The van der Waals surface area contributed by atoms with Crippen LogP contribution in [0.2, 0.25) is 0 Å². The number of aromatic nitrogens is 4. The van der Waals surface area contributed by atoms with Gasteiger partial charge in [-0.3, -0.25) is 9.59 Å². The van der Waals surface area contributed by atoms with Crippen LogP contribution in [0.4, 0.5) is 0 Å². The Hall–Kier alpha value is -3.75. The van der Waals surface area contributed by atoms with Gasteiger partial charge in [0, 0.05) is 17.6 Å². The van der Waals surface area contributed by atoms with Gasteiger partial charge in [-0.2, -0.15) is 4.80 Å². The molecule has 1 heterocycles. The summed E-state index contributed by atoms with van der Waals surface area (Å²) in [5.41, 5.74) is 2.41. The summed E-state index contributed by atoms with van der Waals surface area (Å²) in [6.07, 6.45) is 0.462. The quantitative estimate of drug-likeness (QED) is 0.506. The van der Waals surface area contributed by atoms with E-state index in [1.807, 2.05) is 83.1 Å². The summed E-state index contributed by atoms with van der Waals surface area (Å²) in [5.74, 6) is 0.690. The van der Waals surface area contributed by atoms with Crippen LogP contribution in [0.25, 0.3) is 11.4 Å². The first-order chi connectivity index (χ1) is 16.6. The summed E-state index contributed by atoms with van der Waals surface area (Å²) < 4.78 is 5.24. The second kappa shape index (κ2) is 11.1. The van der Waals surface area contributed by atoms with Crippen molar-refractivity contribution in [1.82, 2.24) is 30.4 Å². The van der Waals surface area contributed by atoms with E-state index >= 15 is 0 Å². The Bertz CT molecular complexity index is 1130. The lowest BCUT2D eigenvalue weighted by molar-refractivity contribution is -0.142. The zero-order chi connectivity index (χ0) is 25.6. The van der Waals surface area contributed by atoms with Crippen molar-refractivity contribution in [3.05, 3.63) is 59.7 Å². The third kappa shape index (κ3) is 7.11. The predicted molar refractivity (Wildman–Crippen MR) is 134 cm³/mol. The van der Waals surface area contributed by atoms with Gasteiger partial charge in [0.25, 0.3) is 0 Å². The summed E-state index contributed by atoms with van der Waals surface area (Å²) in [7, 11) is 1.60. The first-order valence-corrected chi connectivity index (χ1v) is 11.7. The Balaban J connectivity index is 1.84. The number of nitrogens with zero attached hydrogens (tertiary/aromatic N) is 5. The second-order valence-corrected chi connectivity index (χ2v) is 9.54.